The number of unbranched alkanes of at least 4 members (excludes halogenated alkanes) is 3. The number of hydrogen-bond acceptors (Lipinski definition) is 7. The van der Waals surface area contributed by atoms with Crippen LogP contribution in [0.4, 0.5) is 20.2 Å². The molecule has 210 valence electrons. The number of aryl methyl sites for hydroxylation is 1. The largest absolute Gasteiger partial charge is 0.494 e. The van der Waals surface area contributed by atoms with Gasteiger partial charge in [0.25, 0.3) is 0 Å². The molecule has 0 bridgehead atoms. The van der Waals surface area contributed by atoms with Crippen molar-refractivity contribution in [1.29, 1.82) is 5.26 Å². The number of anilines is 2. The number of nitrogens with zero attached hydrogens (tertiary/aromatic N) is 1. The lowest BCUT2D eigenvalue weighted by Gasteiger charge is -2.18. The first-order chi connectivity index (χ1) is 19.3. The first kappa shape index (κ1) is 30.0. The Morgan fingerprint density at radius 3 is 2.33 bits per heavy atom. The second-order valence-electron chi connectivity index (χ2n) is 9.09. The SMILES string of the molecule is N#CCCCCCOc1ccc(C(F)(F)Oc2ccc(/C=C/C(=O)OCCCc3ccc(N)cc3N)cc2)cc1. The Balaban J connectivity index is 1.41. The lowest BCUT2D eigenvalue weighted by atomic mass is 10.1. The molecule has 0 aromatic heterocycles. The van der Waals surface area contributed by atoms with Crippen LogP contribution in [0.25, 0.3) is 6.08 Å². The molecule has 0 saturated carbocycles. The summed E-state index contributed by atoms with van der Waals surface area (Å²) in [6.07, 6.45) is 3.51. The second kappa shape index (κ2) is 15.1. The molecule has 0 atom stereocenters. The number of benzene rings is 3. The standard InChI is InChI=1S/C31H33F2N3O4/c32-31(33,25-11-16-27(17-12-25)38-20-4-2-1-3-19-34)40-28-14-7-23(8-15-28)9-18-30(37)39-21-5-6-24-10-13-26(35)22-29(24)36/h7-18,22H,1-6,20-21,35-36H2/b18-9+. The summed E-state index contributed by atoms with van der Waals surface area (Å²) < 4.78 is 45.0. The van der Waals surface area contributed by atoms with Gasteiger partial charge in [0.2, 0.25) is 0 Å². The van der Waals surface area contributed by atoms with Gasteiger partial charge in [-0.15, -0.1) is 0 Å². The molecule has 9 heteroatoms. The predicted molar refractivity (Wildman–Crippen MR) is 151 cm³/mol. The normalized spacial score (nSPS) is 11.2. The number of nitrogen functional groups attached to an aromatic ring is 2. The minimum absolute atomic E-state index is 0.0237. The van der Waals surface area contributed by atoms with Gasteiger partial charge in [-0.3, -0.25) is 0 Å². The van der Waals surface area contributed by atoms with Crippen molar-refractivity contribution < 1.29 is 27.8 Å². The van der Waals surface area contributed by atoms with Crippen LogP contribution in [0, 0.1) is 11.3 Å². The van der Waals surface area contributed by atoms with Crippen LogP contribution in [-0.2, 0) is 22.1 Å². The van der Waals surface area contributed by atoms with E-state index in [4.69, 9.17) is 30.9 Å². The van der Waals surface area contributed by atoms with Gasteiger partial charge in [0, 0.05) is 23.9 Å². The zero-order valence-electron chi connectivity index (χ0n) is 22.2. The van der Waals surface area contributed by atoms with Crippen molar-refractivity contribution in [2.45, 2.75) is 44.6 Å². The summed E-state index contributed by atoms with van der Waals surface area (Å²) in [4.78, 5) is 12.0. The summed E-state index contributed by atoms with van der Waals surface area (Å²) in [5, 5.41) is 8.53. The number of carbonyl (C=O) groups is 1. The van der Waals surface area contributed by atoms with Gasteiger partial charge in [0.15, 0.2) is 0 Å². The Hall–Kier alpha value is -4.58. The minimum atomic E-state index is -3.55. The van der Waals surface area contributed by atoms with Crippen LogP contribution in [0.1, 0.15) is 48.8 Å². The van der Waals surface area contributed by atoms with Gasteiger partial charge < -0.3 is 25.7 Å². The van der Waals surface area contributed by atoms with E-state index in [0.717, 1.165) is 24.8 Å². The van der Waals surface area contributed by atoms with Crippen LogP contribution >= 0.6 is 0 Å². The highest BCUT2D eigenvalue weighted by molar-refractivity contribution is 5.87. The van der Waals surface area contributed by atoms with E-state index in [-0.39, 0.29) is 17.9 Å². The summed E-state index contributed by atoms with van der Waals surface area (Å²) >= 11 is 0. The van der Waals surface area contributed by atoms with Gasteiger partial charge in [-0.25, -0.2) is 4.79 Å². The van der Waals surface area contributed by atoms with E-state index in [1.165, 1.54) is 48.6 Å². The van der Waals surface area contributed by atoms with Crippen LogP contribution in [-0.4, -0.2) is 19.2 Å². The fourth-order valence-electron chi connectivity index (χ4n) is 3.76. The number of hydrogen-bond donors (Lipinski definition) is 2. The topological polar surface area (TPSA) is 121 Å². The molecule has 0 aliphatic heterocycles. The minimum Gasteiger partial charge on any atom is -0.494 e. The lowest BCUT2D eigenvalue weighted by Crippen LogP contribution is -2.21. The molecule has 4 N–H and O–H groups in total. The monoisotopic (exact) mass is 549 g/mol. The highest BCUT2D eigenvalue weighted by Gasteiger charge is 2.34. The Bertz CT molecular complexity index is 1300. The number of carbonyl (C=O) groups excluding carboxylic acids is 1. The first-order valence-corrected chi connectivity index (χ1v) is 13.0. The summed E-state index contributed by atoms with van der Waals surface area (Å²) in [5.74, 6) is -0.0473. The Kier molecular flexibility index (Phi) is 11.3. The maximum absolute atomic E-state index is 14.7. The van der Waals surface area contributed by atoms with E-state index in [2.05, 4.69) is 6.07 Å². The number of nitrogens with two attached hydrogens (primary N) is 2. The third-order valence-corrected chi connectivity index (χ3v) is 5.93. The molecule has 0 amide bonds. The molecule has 0 aliphatic rings. The molecular formula is C31H33F2N3O4. The number of halogens is 2. The van der Waals surface area contributed by atoms with Crippen LogP contribution in [0.2, 0.25) is 0 Å². The molecule has 0 aliphatic carbocycles. The van der Waals surface area contributed by atoms with E-state index in [0.29, 0.717) is 48.6 Å². The molecule has 0 heterocycles. The predicted octanol–water partition coefficient (Wildman–Crippen LogP) is 6.63. The Labute approximate surface area is 233 Å². The average molecular weight is 550 g/mol. The highest BCUT2D eigenvalue weighted by Crippen LogP contribution is 2.32. The second-order valence-corrected chi connectivity index (χ2v) is 9.09. The van der Waals surface area contributed by atoms with Gasteiger partial charge in [-0.05, 0) is 97.8 Å². The van der Waals surface area contributed by atoms with Crippen LogP contribution in [0.3, 0.4) is 0 Å². The van der Waals surface area contributed by atoms with Gasteiger partial charge in [-0.2, -0.15) is 14.0 Å². The summed E-state index contributed by atoms with van der Waals surface area (Å²) in [7, 11) is 0. The molecular weight excluding hydrogens is 516 g/mol. The first-order valence-electron chi connectivity index (χ1n) is 13.0. The van der Waals surface area contributed by atoms with Gasteiger partial charge in [0.1, 0.15) is 11.5 Å². The molecule has 7 nitrogen and oxygen atoms in total. The molecule has 3 aromatic carbocycles. The number of esters is 1. The quantitative estimate of drug-likeness (QED) is 0.0944. The van der Waals surface area contributed by atoms with Crippen LogP contribution < -0.4 is 20.9 Å². The zero-order chi connectivity index (χ0) is 28.8. The van der Waals surface area contributed by atoms with Crippen molar-refractivity contribution in [3.05, 3.63) is 89.5 Å². The summed E-state index contributed by atoms with van der Waals surface area (Å²) in [5.41, 5.74) is 14.1. The van der Waals surface area contributed by atoms with Gasteiger partial charge in [-0.1, -0.05) is 18.2 Å². The maximum atomic E-state index is 14.7. The molecule has 40 heavy (non-hydrogen) atoms. The molecule has 0 spiro atoms. The number of ether oxygens (including phenoxy) is 3. The molecule has 3 aromatic rings. The van der Waals surface area contributed by atoms with Crippen molar-refractivity contribution in [3.63, 3.8) is 0 Å². The molecule has 0 saturated heterocycles. The van der Waals surface area contributed by atoms with E-state index in [1.54, 1.807) is 24.3 Å². The fraction of sp³-hybridized carbons (Fsp3) is 0.290. The third kappa shape index (κ3) is 9.95. The molecule has 3 rings (SSSR count). The molecule has 0 radical (unpaired) electrons. The maximum Gasteiger partial charge on any atom is 0.426 e. The smallest absolute Gasteiger partial charge is 0.426 e. The number of nitriles is 1. The summed E-state index contributed by atoms with van der Waals surface area (Å²) in [6, 6.07) is 18.8. The van der Waals surface area contributed by atoms with Gasteiger partial charge >= 0.3 is 12.1 Å². The van der Waals surface area contributed by atoms with Crippen molar-refractivity contribution in [2.24, 2.45) is 0 Å². The number of rotatable bonds is 15. The fourth-order valence-corrected chi connectivity index (χ4v) is 3.76. The molecule has 0 unspecified atom stereocenters. The van der Waals surface area contributed by atoms with Crippen molar-refractivity contribution in [1.82, 2.24) is 0 Å². The van der Waals surface area contributed by atoms with Crippen LogP contribution in [0.5, 0.6) is 11.5 Å². The van der Waals surface area contributed by atoms with Gasteiger partial charge in [0.05, 0.1) is 24.8 Å². The zero-order valence-corrected chi connectivity index (χ0v) is 22.2. The van der Waals surface area contributed by atoms with Crippen molar-refractivity contribution in [2.75, 3.05) is 24.7 Å². The third-order valence-electron chi connectivity index (χ3n) is 5.93. The van der Waals surface area contributed by atoms with E-state index in [9.17, 15) is 13.6 Å². The van der Waals surface area contributed by atoms with Crippen molar-refractivity contribution >= 4 is 23.4 Å². The van der Waals surface area contributed by atoms with Crippen molar-refractivity contribution in [3.8, 4) is 17.6 Å². The van der Waals surface area contributed by atoms with E-state index in [1.807, 2.05) is 6.07 Å². The summed E-state index contributed by atoms with van der Waals surface area (Å²) in [6.45, 7) is 0.682. The Morgan fingerprint density at radius 1 is 0.900 bits per heavy atom. The van der Waals surface area contributed by atoms with E-state index < -0.39 is 12.1 Å². The number of alkyl halides is 2. The average Bonchev–Trinajstić information content (AvgIpc) is 2.93. The Morgan fingerprint density at radius 2 is 1.62 bits per heavy atom. The van der Waals surface area contributed by atoms with Crippen LogP contribution in [0.15, 0.2) is 72.8 Å². The lowest BCUT2D eigenvalue weighted by molar-refractivity contribution is -0.185. The van der Waals surface area contributed by atoms with E-state index >= 15 is 0 Å². The highest BCUT2D eigenvalue weighted by atomic mass is 19.3. The molecule has 0 fully saturated rings.